The van der Waals surface area contributed by atoms with E-state index in [9.17, 15) is 4.79 Å². The zero-order chi connectivity index (χ0) is 18.9. The Morgan fingerprint density at radius 2 is 1.92 bits per heavy atom. The average molecular weight is 358 g/mol. The number of imidazole rings is 1. The van der Waals surface area contributed by atoms with Gasteiger partial charge in [-0.05, 0) is 51.6 Å². The fourth-order valence-electron chi connectivity index (χ4n) is 2.76. The van der Waals surface area contributed by atoms with Crippen LogP contribution < -0.4 is 4.74 Å². The summed E-state index contributed by atoms with van der Waals surface area (Å²) < 4.78 is 5.17. The molecule has 0 atom stereocenters. The van der Waals surface area contributed by atoms with Crippen molar-refractivity contribution in [3.63, 3.8) is 0 Å². The van der Waals surface area contributed by atoms with Crippen LogP contribution in [0.25, 0.3) is 0 Å². The number of rotatable bonds is 10. The highest BCUT2D eigenvalue weighted by Crippen LogP contribution is 2.14. The molecule has 6 heteroatoms. The van der Waals surface area contributed by atoms with Gasteiger partial charge in [0.25, 0.3) is 0 Å². The zero-order valence-corrected chi connectivity index (χ0v) is 16.3. The number of H-pyrrole nitrogens is 1. The zero-order valence-electron chi connectivity index (χ0n) is 16.3. The Balaban J connectivity index is 1.87. The van der Waals surface area contributed by atoms with Crippen LogP contribution in [-0.4, -0.2) is 60.0 Å². The van der Waals surface area contributed by atoms with Crippen molar-refractivity contribution in [2.75, 3.05) is 34.3 Å². The molecular formula is C20H30N4O2. The Labute approximate surface area is 156 Å². The number of methoxy groups -OCH3 is 1. The first-order chi connectivity index (χ1) is 12.5. The third-order valence-corrected chi connectivity index (χ3v) is 4.30. The minimum absolute atomic E-state index is 0.188. The van der Waals surface area contributed by atoms with Crippen molar-refractivity contribution in [2.45, 2.75) is 32.7 Å². The maximum atomic E-state index is 12.7. The van der Waals surface area contributed by atoms with Gasteiger partial charge < -0.3 is 19.5 Å². The van der Waals surface area contributed by atoms with Crippen LogP contribution in [0.4, 0.5) is 0 Å². The molecule has 142 valence electrons. The number of benzene rings is 1. The van der Waals surface area contributed by atoms with Crippen LogP contribution in [0, 0.1) is 6.92 Å². The van der Waals surface area contributed by atoms with Crippen LogP contribution in [0.1, 0.15) is 29.9 Å². The van der Waals surface area contributed by atoms with Crippen molar-refractivity contribution in [1.82, 2.24) is 19.8 Å². The molecule has 2 rings (SSSR count). The van der Waals surface area contributed by atoms with E-state index in [-0.39, 0.29) is 5.91 Å². The predicted molar refractivity (Wildman–Crippen MR) is 103 cm³/mol. The molecule has 0 radical (unpaired) electrons. The van der Waals surface area contributed by atoms with E-state index >= 15 is 0 Å². The molecule has 0 fully saturated rings. The third-order valence-electron chi connectivity index (χ3n) is 4.30. The third kappa shape index (κ3) is 6.52. The molecule has 0 aliphatic carbocycles. The predicted octanol–water partition coefficient (Wildman–Crippen LogP) is 2.64. The molecule has 0 saturated heterocycles. The Bertz CT molecular complexity index is 679. The topological polar surface area (TPSA) is 61.5 Å². The fourth-order valence-corrected chi connectivity index (χ4v) is 2.76. The van der Waals surface area contributed by atoms with Crippen molar-refractivity contribution in [2.24, 2.45) is 0 Å². The van der Waals surface area contributed by atoms with Gasteiger partial charge in [0, 0.05) is 19.5 Å². The lowest BCUT2D eigenvalue weighted by Gasteiger charge is -2.24. The summed E-state index contributed by atoms with van der Waals surface area (Å²) >= 11 is 0. The lowest BCUT2D eigenvalue weighted by Crippen LogP contribution is -2.36. The second kappa shape index (κ2) is 9.97. The molecule has 1 aromatic heterocycles. The summed E-state index contributed by atoms with van der Waals surface area (Å²) in [4.78, 5) is 24.2. The molecule has 1 aromatic carbocycles. The van der Waals surface area contributed by atoms with E-state index in [1.807, 2.05) is 44.2 Å². The van der Waals surface area contributed by atoms with Gasteiger partial charge in [-0.25, -0.2) is 4.98 Å². The Kier molecular flexibility index (Phi) is 7.66. The Morgan fingerprint density at radius 1 is 1.19 bits per heavy atom. The smallest absolute Gasteiger partial charge is 0.222 e. The van der Waals surface area contributed by atoms with Crippen molar-refractivity contribution in [1.29, 1.82) is 0 Å². The fraction of sp³-hybridized carbons (Fsp3) is 0.500. The second-order valence-electron chi connectivity index (χ2n) is 6.81. The average Bonchev–Trinajstić information content (AvgIpc) is 3.03. The number of nitrogens with one attached hydrogen (secondary N) is 1. The van der Waals surface area contributed by atoms with Crippen LogP contribution >= 0.6 is 0 Å². The van der Waals surface area contributed by atoms with Gasteiger partial charge in [-0.1, -0.05) is 12.1 Å². The van der Waals surface area contributed by atoms with Crippen molar-refractivity contribution in [3.05, 3.63) is 47.5 Å². The van der Waals surface area contributed by atoms with Gasteiger partial charge in [0.2, 0.25) is 5.91 Å². The van der Waals surface area contributed by atoms with Gasteiger partial charge in [0.1, 0.15) is 11.6 Å². The highest BCUT2D eigenvalue weighted by atomic mass is 16.5. The van der Waals surface area contributed by atoms with E-state index in [4.69, 9.17) is 4.74 Å². The van der Waals surface area contributed by atoms with Crippen LogP contribution in [0.2, 0.25) is 0 Å². The first kappa shape index (κ1) is 20.0. The number of nitrogens with zero attached hydrogens (tertiary/aromatic N) is 3. The molecule has 1 amide bonds. The maximum Gasteiger partial charge on any atom is 0.222 e. The standard InChI is InChI=1S/C20H30N4O2/c1-16-21-14-18(22-16)15-24(13-12-23(2)3)20(25)7-5-6-17-8-10-19(26-4)11-9-17/h8-11,14H,5-7,12-13,15H2,1-4H3,(H,21,22). The monoisotopic (exact) mass is 358 g/mol. The van der Waals surface area contributed by atoms with Crippen molar-refractivity contribution >= 4 is 5.91 Å². The quantitative estimate of drug-likeness (QED) is 0.709. The number of aromatic nitrogens is 2. The van der Waals surface area contributed by atoms with Crippen molar-refractivity contribution in [3.8, 4) is 5.75 Å². The number of hydrogen-bond donors (Lipinski definition) is 1. The SMILES string of the molecule is COc1ccc(CCCC(=O)N(CCN(C)C)Cc2cnc(C)[nH]2)cc1. The molecule has 26 heavy (non-hydrogen) atoms. The van der Waals surface area contributed by atoms with Gasteiger partial charge in [-0.15, -0.1) is 0 Å². The van der Waals surface area contributed by atoms with E-state index in [0.29, 0.717) is 19.5 Å². The number of aromatic amines is 1. The summed E-state index contributed by atoms with van der Waals surface area (Å²) in [5.74, 6) is 1.92. The van der Waals surface area contributed by atoms with Crippen LogP contribution in [0.5, 0.6) is 5.75 Å². The summed E-state index contributed by atoms with van der Waals surface area (Å²) in [7, 11) is 5.70. The van der Waals surface area contributed by atoms with Crippen LogP contribution in [0.3, 0.4) is 0 Å². The molecule has 2 aromatic rings. The van der Waals surface area contributed by atoms with Gasteiger partial charge in [-0.3, -0.25) is 4.79 Å². The van der Waals surface area contributed by atoms with Crippen LogP contribution in [-0.2, 0) is 17.8 Å². The lowest BCUT2D eigenvalue weighted by molar-refractivity contribution is -0.132. The molecule has 0 bridgehead atoms. The van der Waals surface area contributed by atoms with E-state index in [0.717, 1.165) is 36.7 Å². The number of amides is 1. The van der Waals surface area contributed by atoms with Gasteiger partial charge in [0.05, 0.1) is 25.5 Å². The number of ether oxygens (including phenoxy) is 1. The summed E-state index contributed by atoms with van der Waals surface area (Å²) in [6.07, 6.45) is 4.08. The van der Waals surface area contributed by atoms with E-state index < -0.39 is 0 Å². The summed E-state index contributed by atoms with van der Waals surface area (Å²) in [5.41, 5.74) is 2.20. The molecule has 0 unspecified atom stereocenters. The van der Waals surface area contributed by atoms with E-state index in [1.165, 1.54) is 5.56 Å². The summed E-state index contributed by atoms with van der Waals surface area (Å²) in [5, 5.41) is 0. The van der Waals surface area contributed by atoms with E-state index in [1.54, 1.807) is 7.11 Å². The summed E-state index contributed by atoms with van der Waals surface area (Å²) in [6, 6.07) is 8.03. The maximum absolute atomic E-state index is 12.7. The highest BCUT2D eigenvalue weighted by molar-refractivity contribution is 5.76. The van der Waals surface area contributed by atoms with Gasteiger partial charge in [0.15, 0.2) is 0 Å². The Hall–Kier alpha value is -2.34. The van der Waals surface area contributed by atoms with Gasteiger partial charge in [-0.2, -0.15) is 0 Å². The molecule has 1 heterocycles. The number of aryl methyl sites for hydroxylation is 2. The Morgan fingerprint density at radius 3 is 2.50 bits per heavy atom. The second-order valence-corrected chi connectivity index (χ2v) is 6.81. The normalized spacial score (nSPS) is 11.0. The largest absolute Gasteiger partial charge is 0.497 e. The lowest BCUT2D eigenvalue weighted by atomic mass is 10.1. The number of carbonyl (C=O) groups excluding carboxylic acids is 1. The molecular weight excluding hydrogens is 328 g/mol. The summed E-state index contributed by atoms with van der Waals surface area (Å²) in [6.45, 7) is 4.06. The molecule has 1 N–H and O–H groups in total. The molecule has 0 aliphatic rings. The first-order valence-electron chi connectivity index (χ1n) is 9.04. The number of carbonyl (C=O) groups is 1. The van der Waals surface area contributed by atoms with Gasteiger partial charge >= 0.3 is 0 Å². The number of hydrogen-bond acceptors (Lipinski definition) is 4. The molecule has 0 aliphatic heterocycles. The highest BCUT2D eigenvalue weighted by Gasteiger charge is 2.15. The first-order valence-corrected chi connectivity index (χ1v) is 9.04. The molecule has 6 nitrogen and oxygen atoms in total. The molecule has 0 spiro atoms. The minimum Gasteiger partial charge on any atom is -0.497 e. The molecule has 0 saturated carbocycles. The van der Waals surface area contributed by atoms with Crippen LogP contribution in [0.15, 0.2) is 30.5 Å². The van der Waals surface area contributed by atoms with E-state index in [2.05, 4.69) is 27.0 Å². The number of likely N-dealkylation sites (N-methyl/N-ethyl adjacent to an activating group) is 1. The minimum atomic E-state index is 0.188. The van der Waals surface area contributed by atoms with Crippen molar-refractivity contribution < 1.29 is 9.53 Å².